The Morgan fingerprint density at radius 3 is 2.59 bits per heavy atom. The Kier molecular flexibility index (Phi) is 5.55. The first-order valence-corrected chi connectivity index (χ1v) is 10.4. The molecule has 2 unspecified atom stereocenters. The second-order valence-corrected chi connectivity index (χ2v) is 9.45. The van der Waals surface area contributed by atoms with Crippen LogP contribution in [0.25, 0.3) is 0 Å². The lowest BCUT2D eigenvalue weighted by Crippen LogP contribution is -2.44. The van der Waals surface area contributed by atoms with Crippen molar-refractivity contribution in [2.45, 2.75) is 37.5 Å². The Morgan fingerprint density at radius 1 is 1.36 bits per heavy atom. The maximum Gasteiger partial charge on any atom is 0.230 e. The van der Waals surface area contributed by atoms with Gasteiger partial charge in [0.25, 0.3) is 0 Å². The number of carbonyl (C=O) groups is 1. The van der Waals surface area contributed by atoms with Crippen molar-refractivity contribution in [3.05, 3.63) is 35.9 Å². The fourth-order valence-electron chi connectivity index (χ4n) is 2.60. The molecule has 6 heteroatoms. The molecule has 0 spiro atoms. The molecule has 4 nitrogen and oxygen atoms in total. The van der Waals surface area contributed by atoms with Crippen LogP contribution in [0, 0.1) is 0 Å². The highest BCUT2D eigenvalue weighted by Gasteiger charge is 2.30. The van der Waals surface area contributed by atoms with Gasteiger partial charge in [-0.15, -0.1) is 11.8 Å². The average molecular weight is 341 g/mol. The number of hydrogen-bond acceptors (Lipinski definition) is 4. The van der Waals surface area contributed by atoms with Crippen LogP contribution in [0.4, 0.5) is 0 Å². The van der Waals surface area contributed by atoms with Crippen LogP contribution in [0.2, 0.25) is 0 Å². The Labute approximate surface area is 137 Å². The van der Waals surface area contributed by atoms with Crippen LogP contribution in [-0.2, 0) is 20.2 Å². The van der Waals surface area contributed by atoms with E-state index >= 15 is 0 Å². The summed E-state index contributed by atoms with van der Waals surface area (Å²) >= 11 is 1.45. The van der Waals surface area contributed by atoms with Crippen molar-refractivity contribution in [2.24, 2.45) is 0 Å². The van der Waals surface area contributed by atoms with E-state index in [9.17, 15) is 13.2 Å². The van der Waals surface area contributed by atoms with Gasteiger partial charge in [-0.25, -0.2) is 8.42 Å². The van der Waals surface area contributed by atoms with E-state index in [4.69, 9.17) is 0 Å². The normalized spacial score (nSPS) is 22.9. The third-order valence-corrected chi connectivity index (χ3v) is 7.46. The largest absolute Gasteiger partial charge is 0.346 e. The molecule has 22 heavy (non-hydrogen) atoms. The molecule has 0 aliphatic carbocycles. The molecule has 1 saturated heterocycles. The standard InChI is InChI=1S/C16H23NO3S2/c1-3-16(2,13-7-5-4-6-8-13)17-15(18)11-21-14-9-10-22(19,20)12-14/h4-8,14H,3,9-12H2,1-2H3,(H,17,18). The summed E-state index contributed by atoms with van der Waals surface area (Å²) in [5.74, 6) is 0.725. The maximum absolute atomic E-state index is 12.2. The van der Waals surface area contributed by atoms with Gasteiger partial charge >= 0.3 is 0 Å². The molecule has 0 saturated carbocycles. The van der Waals surface area contributed by atoms with Crippen molar-refractivity contribution < 1.29 is 13.2 Å². The fourth-order valence-corrected chi connectivity index (χ4v) is 6.04. The van der Waals surface area contributed by atoms with Crippen LogP contribution < -0.4 is 5.32 Å². The van der Waals surface area contributed by atoms with Crippen molar-refractivity contribution in [1.29, 1.82) is 0 Å². The third kappa shape index (κ3) is 4.49. The third-order valence-electron chi connectivity index (χ3n) is 4.17. The molecule has 1 aliphatic rings. The van der Waals surface area contributed by atoms with Gasteiger partial charge in [0.15, 0.2) is 9.84 Å². The molecular weight excluding hydrogens is 318 g/mol. The monoisotopic (exact) mass is 341 g/mol. The molecule has 1 N–H and O–H groups in total. The van der Waals surface area contributed by atoms with Gasteiger partial charge in [-0.05, 0) is 25.3 Å². The maximum atomic E-state index is 12.2. The van der Waals surface area contributed by atoms with Crippen molar-refractivity contribution in [1.82, 2.24) is 5.32 Å². The molecule has 1 aromatic rings. The topological polar surface area (TPSA) is 63.2 Å². The van der Waals surface area contributed by atoms with Crippen molar-refractivity contribution in [3.63, 3.8) is 0 Å². The predicted molar refractivity (Wildman–Crippen MR) is 91.7 cm³/mol. The molecule has 0 aromatic heterocycles. The van der Waals surface area contributed by atoms with Gasteiger partial charge in [0, 0.05) is 5.25 Å². The van der Waals surface area contributed by atoms with Gasteiger partial charge in [0.1, 0.15) is 0 Å². The van der Waals surface area contributed by atoms with Crippen LogP contribution in [0.15, 0.2) is 30.3 Å². The van der Waals surface area contributed by atoms with Crippen LogP contribution in [0.1, 0.15) is 32.3 Å². The zero-order chi connectivity index (χ0) is 16.2. The van der Waals surface area contributed by atoms with Gasteiger partial charge in [-0.2, -0.15) is 0 Å². The van der Waals surface area contributed by atoms with E-state index < -0.39 is 9.84 Å². The molecule has 2 atom stereocenters. The minimum absolute atomic E-state index is 0.0394. The second-order valence-electron chi connectivity index (χ2n) is 5.94. The lowest BCUT2D eigenvalue weighted by atomic mass is 9.89. The molecule has 122 valence electrons. The number of carbonyl (C=O) groups excluding carboxylic acids is 1. The van der Waals surface area contributed by atoms with Crippen LogP contribution in [-0.4, -0.2) is 36.8 Å². The summed E-state index contributed by atoms with van der Waals surface area (Å²) in [6.45, 7) is 4.06. The van der Waals surface area contributed by atoms with Crippen LogP contribution in [0.5, 0.6) is 0 Å². The van der Waals surface area contributed by atoms with Crippen molar-refractivity contribution in [3.8, 4) is 0 Å². The summed E-state index contributed by atoms with van der Waals surface area (Å²) in [5.41, 5.74) is 0.694. The fraction of sp³-hybridized carbons (Fsp3) is 0.562. The molecule has 0 bridgehead atoms. The number of sulfone groups is 1. The minimum atomic E-state index is -2.88. The minimum Gasteiger partial charge on any atom is -0.346 e. The van der Waals surface area contributed by atoms with Gasteiger partial charge in [0.2, 0.25) is 5.91 Å². The summed E-state index contributed by atoms with van der Waals surface area (Å²) in [4.78, 5) is 12.2. The Balaban J connectivity index is 1.90. The summed E-state index contributed by atoms with van der Waals surface area (Å²) in [6, 6.07) is 9.92. The zero-order valence-corrected chi connectivity index (χ0v) is 14.7. The summed E-state index contributed by atoms with van der Waals surface area (Å²) < 4.78 is 22.9. The number of nitrogens with one attached hydrogen (secondary N) is 1. The highest BCUT2D eigenvalue weighted by atomic mass is 32.2. The lowest BCUT2D eigenvalue weighted by Gasteiger charge is -2.30. The highest BCUT2D eigenvalue weighted by Crippen LogP contribution is 2.26. The second kappa shape index (κ2) is 7.04. The van der Waals surface area contributed by atoms with Crippen LogP contribution >= 0.6 is 11.8 Å². The van der Waals surface area contributed by atoms with E-state index in [1.165, 1.54) is 11.8 Å². The number of hydrogen-bond donors (Lipinski definition) is 1. The molecule has 2 rings (SSSR count). The van der Waals surface area contributed by atoms with Crippen molar-refractivity contribution >= 4 is 27.5 Å². The first-order chi connectivity index (χ1) is 10.3. The number of thioether (sulfide) groups is 1. The molecular formula is C16H23NO3S2. The van der Waals surface area contributed by atoms with Crippen LogP contribution in [0.3, 0.4) is 0 Å². The average Bonchev–Trinajstić information content (AvgIpc) is 2.85. The quantitative estimate of drug-likeness (QED) is 0.863. The summed E-state index contributed by atoms with van der Waals surface area (Å²) in [7, 11) is -2.88. The number of benzene rings is 1. The predicted octanol–water partition coefficient (Wildman–Crippen LogP) is 2.35. The molecule has 0 radical (unpaired) electrons. The van der Waals surface area contributed by atoms with E-state index in [0.717, 1.165) is 12.0 Å². The van der Waals surface area contributed by atoms with Gasteiger partial charge in [-0.3, -0.25) is 4.79 Å². The molecule has 1 amide bonds. The zero-order valence-electron chi connectivity index (χ0n) is 13.0. The first-order valence-electron chi connectivity index (χ1n) is 7.53. The molecule has 1 aliphatic heterocycles. The van der Waals surface area contributed by atoms with E-state index in [2.05, 4.69) is 5.32 Å². The van der Waals surface area contributed by atoms with E-state index in [1.54, 1.807) is 0 Å². The smallest absolute Gasteiger partial charge is 0.230 e. The highest BCUT2D eigenvalue weighted by molar-refractivity contribution is 8.02. The summed E-state index contributed by atoms with van der Waals surface area (Å²) in [5, 5.41) is 3.15. The Hall–Kier alpha value is -1.01. The van der Waals surface area contributed by atoms with Crippen molar-refractivity contribution in [2.75, 3.05) is 17.3 Å². The van der Waals surface area contributed by atoms with Gasteiger partial charge < -0.3 is 5.32 Å². The van der Waals surface area contributed by atoms with E-state index in [-0.39, 0.29) is 28.2 Å². The van der Waals surface area contributed by atoms with Gasteiger partial charge in [-0.1, -0.05) is 37.3 Å². The Morgan fingerprint density at radius 2 is 2.05 bits per heavy atom. The summed E-state index contributed by atoms with van der Waals surface area (Å²) in [6.07, 6.45) is 1.45. The molecule has 1 fully saturated rings. The van der Waals surface area contributed by atoms with E-state index in [1.807, 2.05) is 44.2 Å². The van der Waals surface area contributed by atoms with E-state index in [0.29, 0.717) is 12.2 Å². The number of amides is 1. The Bertz CT molecular complexity index is 616. The number of rotatable bonds is 6. The lowest BCUT2D eigenvalue weighted by molar-refractivity contribution is -0.120. The molecule has 1 heterocycles. The SMILES string of the molecule is CCC(C)(NC(=O)CSC1CCS(=O)(=O)C1)c1ccccc1. The van der Waals surface area contributed by atoms with Gasteiger partial charge in [0.05, 0.1) is 22.8 Å². The first kappa shape index (κ1) is 17.3. The molecule has 1 aromatic carbocycles.